The Morgan fingerprint density at radius 1 is 1.57 bits per heavy atom. The molecule has 1 unspecified atom stereocenters. The quantitative estimate of drug-likeness (QED) is 0.625. The van der Waals surface area contributed by atoms with Crippen LogP contribution in [0.1, 0.15) is 13.8 Å². The molecule has 2 aliphatic heterocycles. The summed E-state index contributed by atoms with van der Waals surface area (Å²) in [5.41, 5.74) is -0.646. The molecule has 0 saturated carbocycles. The van der Waals surface area contributed by atoms with Gasteiger partial charge < -0.3 is 15.3 Å². The molecule has 1 atom stereocenters. The van der Waals surface area contributed by atoms with E-state index in [2.05, 4.69) is 5.32 Å². The first kappa shape index (κ1) is 9.93. The van der Waals surface area contributed by atoms with Crippen LogP contribution in [-0.2, 0) is 4.79 Å². The van der Waals surface area contributed by atoms with Crippen molar-refractivity contribution in [2.24, 2.45) is 11.8 Å². The van der Waals surface area contributed by atoms with Gasteiger partial charge in [-0.3, -0.25) is 4.79 Å². The van der Waals surface area contributed by atoms with E-state index in [0.29, 0.717) is 19.0 Å². The second kappa shape index (κ2) is 3.21. The van der Waals surface area contributed by atoms with E-state index in [1.54, 1.807) is 11.8 Å². The first-order valence-electron chi connectivity index (χ1n) is 5.21. The number of likely N-dealkylation sites (tertiary alicyclic amines) is 1. The van der Waals surface area contributed by atoms with E-state index >= 15 is 0 Å². The summed E-state index contributed by atoms with van der Waals surface area (Å²) in [6.45, 7) is 6.66. The predicted molar refractivity (Wildman–Crippen MR) is 52.7 cm³/mol. The van der Waals surface area contributed by atoms with Crippen molar-refractivity contribution in [2.75, 3.05) is 26.2 Å². The molecule has 2 aliphatic rings. The Morgan fingerprint density at radius 2 is 2.14 bits per heavy atom. The molecule has 1 amide bonds. The van der Waals surface area contributed by atoms with Crippen molar-refractivity contribution in [1.29, 1.82) is 0 Å². The molecule has 0 spiro atoms. The second-order valence-corrected chi connectivity index (χ2v) is 4.90. The summed E-state index contributed by atoms with van der Waals surface area (Å²) in [7, 11) is 0. The molecule has 0 aromatic rings. The average molecular weight is 198 g/mol. The highest BCUT2D eigenvalue weighted by Crippen LogP contribution is 2.25. The molecule has 2 N–H and O–H groups in total. The Labute approximate surface area is 84.3 Å². The van der Waals surface area contributed by atoms with E-state index in [-0.39, 0.29) is 11.8 Å². The van der Waals surface area contributed by atoms with Gasteiger partial charge in [-0.15, -0.1) is 0 Å². The minimum atomic E-state index is -0.646. The predicted octanol–water partition coefficient (Wildman–Crippen LogP) is -0.565. The van der Waals surface area contributed by atoms with Crippen LogP contribution in [0.4, 0.5) is 0 Å². The summed E-state index contributed by atoms with van der Waals surface area (Å²) < 4.78 is 0. The highest BCUT2D eigenvalue weighted by molar-refractivity contribution is 5.80. The van der Waals surface area contributed by atoms with E-state index in [1.807, 2.05) is 6.92 Å². The number of aliphatic hydroxyl groups is 1. The van der Waals surface area contributed by atoms with E-state index in [4.69, 9.17) is 0 Å². The highest BCUT2D eigenvalue weighted by Gasteiger charge is 2.42. The lowest BCUT2D eigenvalue weighted by Crippen LogP contribution is -2.64. The lowest BCUT2D eigenvalue weighted by molar-refractivity contribution is -0.158. The van der Waals surface area contributed by atoms with Crippen LogP contribution in [0.25, 0.3) is 0 Å². The fourth-order valence-corrected chi connectivity index (χ4v) is 2.09. The number of carbonyl (C=O) groups is 1. The van der Waals surface area contributed by atoms with Crippen LogP contribution in [0, 0.1) is 11.8 Å². The zero-order valence-electron chi connectivity index (χ0n) is 8.79. The molecule has 4 nitrogen and oxygen atoms in total. The van der Waals surface area contributed by atoms with Crippen LogP contribution >= 0.6 is 0 Å². The van der Waals surface area contributed by atoms with Crippen molar-refractivity contribution >= 4 is 5.91 Å². The minimum absolute atomic E-state index is 0.104. The van der Waals surface area contributed by atoms with Crippen molar-refractivity contribution < 1.29 is 9.90 Å². The molecule has 4 heteroatoms. The standard InChI is InChI=1S/C10H18N2O2/c1-7(8-3-11-4-8)9(13)12-5-10(2,14)6-12/h7-8,11,14H,3-6H2,1-2H3. The van der Waals surface area contributed by atoms with Gasteiger partial charge in [0, 0.05) is 5.92 Å². The van der Waals surface area contributed by atoms with Gasteiger partial charge in [-0.25, -0.2) is 0 Å². The molecule has 0 aliphatic carbocycles. The van der Waals surface area contributed by atoms with E-state index in [0.717, 1.165) is 13.1 Å². The van der Waals surface area contributed by atoms with Gasteiger partial charge in [0.1, 0.15) is 0 Å². The average Bonchev–Trinajstić information content (AvgIpc) is 1.95. The van der Waals surface area contributed by atoms with Crippen LogP contribution in [0.15, 0.2) is 0 Å². The van der Waals surface area contributed by atoms with Crippen LogP contribution in [0.2, 0.25) is 0 Å². The van der Waals surface area contributed by atoms with Crippen molar-refractivity contribution in [3.05, 3.63) is 0 Å². The smallest absolute Gasteiger partial charge is 0.225 e. The summed E-state index contributed by atoms with van der Waals surface area (Å²) in [6.07, 6.45) is 0. The Bertz CT molecular complexity index is 241. The molecule has 2 saturated heterocycles. The first-order valence-corrected chi connectivity index (χ1v) is 5.21. The SMILES string of the molecule is CC(C(=O)N1CC(C)(O)C1)C1CNC1. The maximum Gasteiger partial charge on any atom is 0.225 e. The van der Waals surface area contributed by atoms with Crippen LogP contribution < -0.4 is 5.32 Å². The fraction of sp³-hybridized carbons (Fsp3) is 0.900. The lowest BCUT2D eigenvalue weighted by atomic mass is 9.85. The monoisotopic (exact) mass is 198 g/mol. The number of amides is 1. The number of nitrogens with one attached hydrogen (secondary N) is 1. The molecule has 14 heavy (non-hydrogen) atoms. The van der Waals surface area contributed by atoms with E-state index < -0.39 is 5.60 Å². The van der Waals surface area contributed by atoms with Crippen LogP contribution in [0.5, 0.6) is 0 Å². The summed E-state index contributed by atoms with van der Waals surface area (Å²) in [4.78, 5) is 13.6. The van der Waals surface area contributed by atoms with Crippen molar-refractivity contribution in [1.82, 2.24) is 10.2 Å². The van der Waals surface area contributed by atoms with Gasteiger partial charge >= 0.3 is 0 Å². The number of carbonyl (C=O) groups excluding carboxylic acids is 1. The maximum atomic E-state index is 11.8. The molecular weight excluding hydrogens is 180 g/mol. The zero-order valence-corrected chi connectivity index (χ0v) is 8.79. The highest BCUT2D eigenvalue weighted by atomic mass is 16.3. The van der Waals surface area contributed by atoms with Crippen molar-refractivity contribution in [3.63, 3.8) is 0 Å². The van der Waals surface area contributed by atoms with E-state index in [1.165, 1.54) is 0 Å². The third kappa shape index (κ3) is 1.64. The van der Waals surface area contributed by atoms with Gasteiger partial charge in [-0.05, 0) is 25.9 Å². The number of hydrogen-bond acceptors (Lipinski definition) is 3. The Morgan fingerprint density at radius 3 is 2.50 bits per heavy atom. The second-order valence-electron chi connectivity index (χ2n) is 4.90. The minimum Gasteiger partial charge on any atom is -0.386 e. The van der Waals surface area contributed by atoms with Gasteiger partial charge in [-0.2, -0.15) is 0 Å². The van der Waals surface area contributed by atoms with Crippen molar-refractivity contribution in [2.45, 2.75) is 19.4 Å². The fourth-order valence-electron chi connectivity index (χ4n) is 2.09. The molecule has 2 heterocycles. The molecule has 0 radical (unpaired) electrons. The third-order valence-electron chi connectivity index (χ3n) is 3.28. The number of rotatable bonds is 2. The molecule has 0 aromatic heterocycles. The summed E-state index contributed by atoms with van der Waals surface area (Å²) in [5, 5.41) is 12.7. The number of β-amino-alcohol motifs (C(OH)–C–C–N with tert-alkyl or cyclic N) is 1. The molecule has 0 aromatic carbocycles. The molecule has 2 fully saturated rings. The topological polar surface area (TPSA) is 52.6 Å². The summed E-state index contributed by atoms with van der Waals surface area (Å²) in [6, 6.07) is 0. The number of hydrogen-bond donors (Lipinski definition) is 2. The summed E-state index contributed by atoms with van der Waals surface area (Å²) in [5.74, 6) is 0.795. The Kier molecular flexibility index (Phi) is 2.27. The molecule has 0 bridgehead atoms. The maximum absolute atomic E-state index is 11.8. The van der Waals surface area contributed by atoms with Gasteiger partial charge in [0.25, 0.3) is 0 Å². The zero-order chi connectivity index (χ0) is 10.3. The largest absolute Gasteiger partial charge is 0.386 e. The normalized spacial score (nSPS) is 27.8. The number of nitrogens with zero attached hydrogens (tertiary/aromatic N) is 1. The summed E-state index contributed by atoms with van der Waals surface area (Å²) >= 11 is 0. The Balaban J connectivity index is 1.84. The van der Waals surface area contributed by atoms with Crippen LogP contribution in [0.3, 0.4) is 0 Å². The van der Waals surface area contributed by atoms with E-state index in [9.17, 15) is 9.90 Å². The van der Waals surface area contributed by atoms with Crippen LogP contribution in [-0.4, -0.2) is 47.7 Å². The van der Waals surface area contributed by atoms with Gasteiger partial charge in [0.05, 0.1) is 18.7 Å². The molecular formula is C10H18N2O2. The van der Waals surface area contributed by atoms with Gasteiger partial charge in [0.15, 0.2) is 0 Å². The molecule has 80 valence electrons. The molecule has 2 rings (SSSR count). The van der Waals surface area contributed by atoms with Gasteiger partial charge in [0.2, 0.25) is 5.91 Å². The Hall–Kier alpha value is -0.610. The van der Waals surface area contributed by atoms with Crippen molar-refractivity contribution in [3.8, 4) is 0 Å². The van der Waals surface area contributed by atoms with Gasteiger partial charge in [-0.1, -0.05) is 6.92 Å². The third-order valence-corrected chi connectivity index (χ3v) is 3.28. The lowest BCUT2D eigenvalue weighted by Gasteiger charge is -2.46. The first-order chi connectivity index (χ1) is 6.49.